The van der Waals surface area contributed by atoms with Crippen LogP contribution in [0.25, 0.3) is 11.1 Å². The van der Waals surface area contributed by atoms with Crippen molar-refractivity contribution < 1.29 is 9.21 Å². The van der Waals surface area contributed by atoms with Crippen LogP contribution in [-0.4, -0.2) is 23.2 Å². The molecule has 0 fully saturated rings. The van der Waals surface area contributed by atoms with E-state index in [1.165, 1.54) is 11.8 Å². The molecule has 0 aliphatic rings. The molecule has 5 heteroatoms. The Morgan fingerprint density at radius 1 is 1.50 bits per heavy atom. The zero-order valence-corrected chi connectivity index (χ0v) is 10.5. The number of fused-ring (bicyclic) bond motifs is 1. The highest BCUT2D eigenvalue weighted by atomic mass is 32.2. The van der Waals surface area contributed by atoms with Crippen molar-refractivity contribution >= 4 is 28.8 Å². The number of carbonyl (C=O) groups excluding carboxylic acids is 1. The number of oxazole rings is 1. The third-order valence-electron chi connectivity index (χ3n) is 2.19. The van der Waals surface area contributed by atoms with Crippen molar-refractivity contribution in [1.82, 2.24) is 10.3 Å². The molecule has 0 bridgehead atoms. The molecule has 18 heavy (non-hydrogen) atoms. The lowest BCUT2D eigenvalue weighted by Gasteiger charge is -2.00. The lowest BCUT2D eigenvalue weighted by atomic mass is 10.3. The van der Waals surface area contributed by atoms with Crippen LogP contribution in [0.5, 0.6) is 0 Å². The smallest absolute Gasteiger partial charge is 0.257 e. The first-order valence-corrected chi connectivity index (χ1v) is 6.46. The Bertz CT molecular complexity index is 553. The third kappa shape index (κ3) is 3.28. The minimum Gasteiger partial charge on any atom is -0.431 e. The predicted molar refractivity (Wildman–Crippen MR) is 71.2 cm³/mol. The van der Waals surface area contributed by atoms with E-state index in [0.29, 0.717) is 18.2 Å². The number of carbonyl (C=O) groups is 1. The van der Waals surface area contributed by atoms with Crippen molar-refractivity contribution in [2.45, 2.75) is 11.6 Å². The summed E-state index contributed by atoms with van der Waals surface area (Å²) >= 11 is 1.27. The fourth-order valence-electron chi connectivity index (χ4n) is 1.37. The van der Waals surface area contributed by atoms with Crippen LogP contribution >= 0.6 is 11.8 Å². The summed E-state index contributed by atoms with van der Waals surface area (Å²) in [6, 6.07) is 7.50. The summed E-state index contributed by atoms with van der Waals surface area (Å²) in [5.41, 5.74) is 1.53. The summed E-state index contributed by atoms with van der Waals surface area (Å²) in [5.74, 6) is 2.67. The molecule has 1 aromatic heterocycles. The Labute approximate surface area is 109 Å². The standard InChI is InChI=1S/C13H12N2O2S/c1-2-3-8-14-12(16)9-18-13-15-10-6-4-5-7-11(10)17-13/h1,4-7H,3,8-9H2,(H,14,16). The van der Waals surface area contributed by atoms with E-state index in [1.807, 2.05) is 24.3 Å². The number of rotatable bonds is 5. The summed E-state index contributed by atoms with van der Waals surface area (Å²) in [6.07, 6.45) is 5.63. The van der Waals surface area contributed by atoms with Crippen LogP contribution in [-0.2, 0) is 4.79 Å². The van der Waals surface area contributed by atoms with Gasteiger partial charge in [-0.3, -0.25) is 4.79 Å². The number of thioether (sulfide) groups is 1. The molecular formula is C13H12N2O2S. The minimum absolute atomic E-state index is 0.0718. The quantitative estimate of drug-likeness (QED) is 0.508. The molecule has 1 N–H and O–H groups in total. The van der Waals surface area contributed by atoms with Gasteiger partial charge in [0.2, 0.25) is 5.91 Å². The number of nitrogens with zero attached hydrogens (tertiary/aromatic N) is 1. The molecule has 0 atom stereocenters. The van der Waals surface area contributed by atoms with E-state index in [-0.39, 0.29) is 11.7 Å². The zero-order valence-electron chi connectivity index (χ0n) is 9.68. The number of hydrogen-bond donors (Lipinski definition) is 1. The maximum absolute atomic E-state index is 11.4. The van der Waals surface area contributed by atoms with Crippen molar-refractivity contribution in [3.63, 3.8) is 0 Å². The Morgan fingerprint density at radius 2 is 2.33 bits per heavy atom. The second kappa shape index (κ2) is 6.12. The van der Waals surface area contributed by atoms with Gasteiger partial charge >= 0.3 is 0 Å². The van der Waals surface area contributed by atoms with Gasteiger partial charge in [0.15, 0.2) is 5.58 Å². The van der Waals surface area contributed by atoms with E-state index in [2.05, 4.69) is 16.2 Å². The van der Waals surface area contributed by atoms with Gasteiger partial charge in [-0.25, -0.2) is 4.98 Å². The molecule has 0 unspecified atom stereocenters. The number of hydrogen-bond acceptors (Lipinski definition) is 4. The molecule has 0 aliphatic carbocycles. The molecule has 1 amide bonds. The summed E-state index contributed by atoms with van der Waals surface area (Å²) in [4.78, 5) is 15.7. The van der Waals surface area contributed by atoms with E-state index in [0.717, 1.165) is 11.1 Å². The summed E-state index contributed by atoms with van der Waals surface area (Å²) in [6.45, 7) is 0.503. The maximum Gasteiger partial charge on any atom is 0.257 e. The van der Waals surface area contributed by atoms with Crippen molar-refractivity contribution in [1.29, 1.82) is 0 Å². The summed E-state index contributed by atoms with van der Waals surface area (Å²) in [7, 11) is 0. The maximum atomic E-state index is 11.4. The fourth-order valence-corrected chi connectivity index (χ4v) is 2.03. The second-order valence-corrected chi connectivity index (χ2v) is 4.47. The Morgan fingerprint density at radius 3 is 3.11 bits per heavy atom. The van der Waals surface area contributed by atoms with Crippen LogP contribution in [0, 0.1) is 12.3 Å². The normalized spacial score (nSPS) is 10.2. The minimum atomic E-state index is -0.0718. The van der Waals surface area contributed by atoms with Crippen LogP contribution in [0.4, 0.5) is 0 Å². The predicted octanol–water partition coefficient (Wildman–Crippen LogP) is 2.06. The summed E-state index contributed by atoms with van der Waals surface area (Å²) < 4.78 is 5.48. The van der Waals surface area contributed by atoms with Crippen molar-refractivity contribution in [3.05, 3.63) is 24.3 Å². The lowest BCUT2D eigenvalue weighted by molar-refractivity contribution is -0.118. The SMILES string of the molecule is C#CCCNC(=O)CSc1nc2ccccc2o1. The number of aromatic nitrogens is 1. The van der Waals surface area contributed by atoms with Crippen molar-refractivity contribution in [2.75, 3.05) is 12.3 Å². The second-order valence-electron chi connectivity index (χ2n) is 3.54. The average Bonchev–Trinajstić information content (AvgIpc) is 2.79. The van der Waals surface area contributed by atoms with E-state index < -0.39 is 0 Å². The van der Waals surface area contributed by atoms with Gasteiger partial charge < -0.3 is 9.73 Å². The topological polar surface area (TPSA) is 55.1 Å². The molecular weight excluding hydrogens is 248 g/mol. The number of para-hydroxylation sites is 2. The first-order chi connectivity index (χ1) is 8.79. The molecule has 0 saturated carbocycles. The number of benzene rings is 1. The van der Waals surface area contributed by atoms with Gasteiger partial charge in [0.25, 0.3) is 5.22 Å². The van der Waals surface area contributed by atoms with E-state index >= 15 is 0 Å². The van der Waals surface area contributed by atoms with Crippen LogP contribution in [0.15, 0.2) is 33.9 Å². The molecule has 0 radical (unpaired) electrons. The number of amides is 1. The van der Waals surface area contributed by atoms with E-state index in [4.69, 9.17) is 10.8 Å². The van der Waals surface area contributed by atoms with Gasteiger partial charge in [-0.2, -0.15) is 0 Å². The zero-order chi connectivity index (χ0) is 12.8. The molecule has 2 rings (SSSR count). The van der Waals surface area contributed by atoms with Crippen molar-refractivity contribution in [3.8, 4) is 12.3 Å². The third-order valence-corrected chi connectivity index (χ3v) is 3.02. The largest absolute Gasteiger partial charge is 0.431 e. The first kappa shape index (κ1) is 12.5. The van der Waals surface area contributed by atoms with Gasteiger partial charge in [-0.15, -0.1) is 12.3 Å². The van der Waals surface area contributed by atoms with Gasteiger partial charge in [0, 0.05) is 13.0 Å². The van der Waals surface area contributed by atoms with Crippen LogP contribution < -0.4 is 5.32 Å². The highest BCUT2D eigenvalue weighted by Crippen LogP contribution is 2.22. The van der Waals surface area contributed by atoms with Gasteiger partial charge in [-0.05, 0) is 12.1 Å². The van der Waals surface area contributed by atoms with Crippen LogP contribution in [0.3, 0.4) is 0 Å². The van der Waals surface area contributed by atoms with E-state index in [1.54, 1.807) is 0 Å². The fraction of sp³-hybridized carbons (Fsp3) is 0.231. The van der Waals surface area contributed by atoms with Crippen molar-refractivity contribution in [2.24, 2.45) is 0 Å². The molecule has 1 aromatic carbocycles. The Hall–Kier alpha value is -1.93. The average molecular weight is 260 g/mol. The van der Waals surface area contributed by atoms with Gasteiger partial charge in [0.1, 0.15) is 5.52 Å². The Kier molecular flexibility index (Phi) is 4.26. The molecule has 0 aliphatic heterocycles. The van der Waals surface area contributed by atoms with E-state index in [9.17, 15) is 4.79 Å². The molecule has 2 aromatic rings. The molecule has 92 valence electrons. The lowest BCUT2D eigenvalue weighted by Crippen LogP contribution is -2.25. The van der Waals surface area contributed by atoms with Gasteiger partial charge in [-0.1, -0.05) is 23.9 Å². The molecule has 0 spiro atoms. The highest BCUT2D eigenvalue weighted by Gasteiger charge is 2.08. The number of terminal acetylenes is 1. The molecule has 1 heterocycles. The van der Waals surface area contributed by atoms with Gasteiger partial charge in [0.05, 0.1) is 5.75 Å². The van der Waals surface area contributed by atoms with Crippen LogP contribution in [0.2, 0.25) is 0 Å². The monoisotopic (exact) mass is 260 g/mol. The molecule has 0 saturated heterocycles. The highest BCUT2D eigenvalue weighted by molar-refractivity contribution is 7.99. The van der Waals surface area contributed by atoms with Crippen LogP contribution in [0.1, 0.15) is 6.42 Å². The number of nitrogens with one attached hydrogen (secondary N) is 1. The summed E-state index contributed by atoms with van der Waals surface area (Å²) in [5, 5.41) is 3.22. The first-order valence-electron chi connectivity index (χ1n) is 5.48. The Balaban J connectivity index is 1.86. The molecule has 4 nitrogen and oxygen atoms in total.